The lowest BCUT2D eigenvalue weighted by Crippen LogP contribution is -2.17. The Labute approximate surface area is 138 Å². The molecule has 0 aromatic carbocycles. The molecule has 0 aliphatic carbocycles. The minimum atomic E-state index is 0.624. The van der Waals surface area contributed by atoms with E-state index in [9.17, 15) is 0 Å². The third-order valence-corrected chi connectivity index (χ3v) is 4.13. The van der Waals surface area contributed by atoms with Crippen molar-refractivity contribution in [3.8, 4) is 0 Å². The molecule has 0 radical (unpaired) electrons. The standard InChI is InChI=1S/C18H26N2OS/c1-6-8-13-22-17-15(7-2)18(19-4)20-16(17)14(3)11-9-10-12-21-5/h7-11,13H,6,12H2,1-5H3,(H,19,20)/b10-9-,13-8+,14-11+,15-7-. The van der Waals surface area contributed by atoms with Gasteiger partial charge in [-0.3, -0.25) is 4.99 Å². The molecule has 1 aliphatic heterocycles. The minimum absolute atomic E-state index is 0.624. The van der Waals surface area contributed by atoms with Gasteiger partial charge in [-0.15, -0.1) is 0 Å². The zero-order chi connectivity index (χ0) is 16.4. The smallest absolute Gasteiger partial charge is 0.133 e. The molecule has 1 N–H and O–H groups in total. The Hall–Kier alpha value is -1.52. The molecule has 1 heterocycles. The first kappa shape index (κ1) is 18.5. The normalized spacial score (nSPS) is 20.1. The summed E-state index contributed by atoms with van der Waals surface area (Å²) >= 11 is 1.74. The maximum absolute atomic E-state index is 5.02. The van der Waals surface area contributed by atoms with E-state index in [-0.39, 0.29) is 0 Å². The van der Waals surface area contributed by atoms with Crippen LogP contribution in [0.25, 0.3) is 0 Å². The average Bonchev–Trinajstić information content (AvgIpc) is 2.89. The molecule has 0 bridgehead atoms. The highest BCUT2D eigenvalue weighted by Gasteiger charge is 2.24. The quantitative estimate of drug-likeness (QED) is 0.698. The van der Waals surface area contributed by atoms with Crippen molar-refractivity contribution in [3.63, 3.8) is 0 Å². The van der Waals surface area contributed by atoms with Crippen LogP contribution >= 0.6 is 11.8 Å². The van der Waals surface area contributed by atoms with Crippen LogP contribution in [-0.4, -0.2) is 26.6 Å². The van der Waals surface area contributed by atoms with Gasteiger partial charge < -0.3 is 10.1 Å². The van der Waals surface area contributed by atoms with Gasteiger partial charge in [0.05, 0.1) is 12.3 Å². The number of ether oxygens (including phenoxy) is 1. The molecule has 0 aromatic rings. The summed E-state index contributed by atoms with van der Waals surface area (Å²) in [5.41, 5.74) is 3.47. The summed E-state index contributed by atoms with van der Waals surface area (Å²) in [5, 5.41) is 5.58. The van der Waals surface area contributed by atoms with Crippen LogP contribution in [0.4, 0.5) is 0 Å². The van der Waals surface area contributed by atoms with Gasteiger partial charge in [-0.05, 0) is 31.2 Å². The predicted octanol–water partition coefficient (Wildman–Crippen LogP) is 4.58. The van der Waals surface area contributed by atoms with Crippen molar-refractivity contribution in [2.24, 2.45) is 4.99 Å². The number of rotatable bonds is 7. The van der Waals surface area contributed by atoms with Crippen LogP contribution in [0.2, 0.25) is 0 Å². The van der Waals surface area contributed by atoms with Crippen molar-refractivity contribution in [1.29, 1.82) is 0 Å². The van der Waals surface area contributed by atoms with E-state index in [1.54, 1.807) is 18.9 Å². The number of amidine groups is 1. The second-order valence-electron chi connectivity index (χ2n) is 4.73. The van der Waals surface area contributed by atoms with Crippen molar-refractivity contribution in [1.82, 2.24) is 5.32 Å². The van der Waals surface area contributed by atoms with E-state index < -0.39 is 0 Å². The molecule has 0 aromatic heterocycles. The van der Waals surface area contributed by atoms with Gasteiger partial charge in [-0.2, -0.15) is 0 Å². The molecule has 22 heavy (non-hydrogen) atoms. The largest absolute Gasteiger partial charge is 0.381 e. The van der Waals surface area contributed by atoms with E-state index in [1.807, 2.05) is 26.1 Å². The van der Waals surface area contributed by atoms with Crippen molar-refractivity contribution in [2.45, 2.75) is 27.2 Å². The van der Waals surface area contributed by atoms with Gasteiger partial charge in [0.15, 0.2) is 0 Å². The van der Waals surface area contributed by atoms with Crippen LogP contribution in [0, 0.1) is 0 Å². The molecule has 0 spiro atoms. The summed E-state index contributed by atoms with van der Waals surface area (Å²) in [5.74, 6) is 0.929. The molecular formula is C18H26N2OS. The van der Waals surface area contributed by atoms with Crippen molar-refractivity contribution < 1.29 is 4.74 Å². The van der Waals surface area contributed by atoms with E-state index in [1.165, 1.54) is 10.5 Å². The van der Waals surface area contributed by atoms with Crippen LogP contribution < -0.4 is 5.32 Å². The van der Waals surface area contributed by atoms with E-state index in [0.717, 1.165) is 23.5 Å². The Morgan fingerprint density at radius 1 is 1.36 bits per heavy atom. The van der Waals surface area contributed by atoms with Crippen LogP contribution in [-0.2, 0) is 4.74 Å². The van der Waals surface area contributed by atoms with Crippen LogP contribution in [0.15, 0.2) is 62.5 Å². The fraction of sp³-hybridized carbons (Fsp3) is 0.389. The average molecular weight is 318 g/mol. The molecule has 3 nitrogen and oxygen atoms in total. The Morgan fingerprint density at radius 3 is 2.73 bits per heavy atom. The van der Waals surface area contributed by atoms with E-state index in [2.05, 4.69) is 47.8 Å². The highest BCUT2D eigenvalue weighted by atomic mass is 32.2. The summed E-state index contributed by atoms with van der Waals surface area (Å²) in [6.45, 7) is 6.92. The number of thioether (sulfide) groups is 1. The maximum Gasteiger partial charge on any atom is 0.133 e. The fourth-order valence-corrected chi connectivity index (χ4v) is 3.08. The van der Waals surface area contributed by atoms with Gasteiger partial charge in [0.25, 0.3) is 0 Å². The summed E-state index contributed by atoms with van der Waals surface area (Å²) < 4.78 is 5.02. The van der Waals surface area contributed by atoms with Gasteiger partial charge in [0, 0.05) is 24.6 Å². The van der Waals surface area contributed by atoms with Crippen molar-refractivity contribution in [2.75, 3.05) is 20.8 Å². The number of hydrogen-bond donors (Lipinski definition) is 1. The van der Waals surface area contributed by atoms with E-state index >= 15 is 0 Å². The molecule has 0 atom stereocenters. The Morgan fingerprint density at radius 2 is 2.14 bits per heavy atom. The van der Waals surface area contributed by atoms with Crippen molar-refractivity contribution in [3.05, 3.63) is 57.5 Å². The number of allylic oxidation sites excluding steroid dienone is 5. The SMILES string of the molecule is C/C=C1\C(=NC)NC(C(/C)=C/C=C\COC)=C1S/C=C/CC. The predicted molar refractivity (Wildman–Crippen MR) is 99.1 cm³/mol. The van der Waals surface area contributed by atoms with E-state index in [0.29, 0.717) is 6.61 Å². The van der Waals surface area contributed by atoms with Gasteiger partial charge in [-0.25, -0.2) is 0 Å². The minimum Gasteiger partial charge on any atom is -0.381 e. The summed E-state index contributed by atoms with van der Waals surface area (Å²) in [4.78, 5) is 5.58. The molecule has 0 amide bonds. The van der Waals surface area contributed by atoms with Crippen LogP contribution in [0.5, 0.6) is 0 Å². The summed E-state index contributed by atoms with van der Waals surface area (Å²) in [6, 6.07) is 0. The lowest BCUT2D eigenvalue weighted by molar-refractivity contribution is 0.234. The molecule has 4 heteroatoms. The van der Waals surface area contributed by atoms with Crippen LogP contribution in [0.3, 0.4) is 0 Å². The topological polar surface area (TPSA) is 33.6 Å². The van der Waals surface area contributed by atoms with Gasteiger partial charge in [-0.1, -0.05) is 49.1 Å². The molecule has 0 fully saturated rings. The molecule has 1 aliphatic rings. The number of nitrogens with zero attached hydrogens (tertiary/aromatic N) is 1. The first-order chi connectivity index (χ1) is 10.7. The lowest BCUT2D eigenvalue weighted by Gasteiger charge is -2.05. The van der Waals surface area contributed by atoms with Gasteiger partial charge in [0.1, 0.15) is 5.84 Å². The van der Waals surface area contributed by atoms with Gasteiger partial charge >= 0.3 is 0 Å². The molecule has 0 saturated carbocycles. The first-order valence-corrected chi connectivity index (χ1v) is 8.37. The fourth-order valence-electron chi connectivity index (χ4n) is 1.99. The Balaban J connectivity index is 3.11. The molecular weight excluding hydrogens is 292 g/mol. The monoisotopic (exact) mass is 318 g/mol. The number of nitrogens with one attached hydrogen (secondary N) is 1. The Kier molecular flexibility index (Phi) is 8.63. The molecule has 0 unspecified atom stereocenters. The molecule has 1 rings (SSSR count). The summed E-state index contributed by atoms with van der Waals surface area (Å²) in [7, 11) is 3.51. The second kappa shape index (κ2) is 10.2. The third-order valence-electron chi connectivity index (χ3n) is 3.14. The second-order valence-corrected chi connectivity index (χ2v) is 5.65. The zero-order valence-corrected chi connectivity index (χ0v) is 15.0. The lowest BCUT2D eigenvalue weighted by atomic mass is 10.1. The van der Waals surface area contributed by atoms with Crippen molar-refractivity contribution >= 4 is 17.6 Å². The first-order valence-electron chi connectivity index (χ1n) is 7.49. The Bertz CT molecular complexity index is 551. The zero-order valence-electron chi connectivity index (χ0n) is 14.1. The van der Waals surface area contributed by atoms with E-state index in [4.69, 9.17) is 4.74 Å². The van der Waals surface area contributed by atoms with Gasteiger partial charge in [0.2, 0.25) is 0 Å². The number of hydrogen-bond acceptors (Lipinski definition) is 3. The highest BCUT2D eigenvalue weighted by Crippen LogP contribution is 2.35. The number of aliphatic imine (C=N–C) groups is 1. The highest BCUT2D eigenvalue weighted by molar-refractivity contribution is 8.06. The summed E-state index contributed by atoms with van der Waals surface area (Å²) in [6.07, 6.45) is 11.4. The number of methoxy groups -OCH3 is 1. The third kappa shape index (κ3) is 5.04. The molecule has 0 saturated heterocycles. The maximum atomic E-state index is 5.02. The van der Waals surface area contributed by atoms with Crippen LogP contribution in [0.1, 0.15) is 27.2 Å². The molecule has 120 valence electrons.